The molecule has 1 nitrogen and oxygen atoms in total. The Morgan fingerprint density at radius 1 is 0.714 bits per heavy atom. The Bertz CT molecular complexity index is 147. The third-order valence-electron chi connectivity index (χ3n) is 4.18. The molecule has 2 N–H and O–H groups in total. The average molecular weight is 216 g/mol. The van der Waals surface area contributed by atoms with Gasteiger partial charge in [-0.25, -0.2) is 0 Å². The minimum Gasteiger partial charge on any atom is -0.328 e. The Morgan fingerprint density at radius 2 is 1.14 bits per heavy atom. The molecule has 82 valence electrons. The second-order valence-corrected chi connectivity index (χ2v) is 5.80. The Labute approximate surface area is 92.4 Å². The quantitative estimate of drug-likeness (QED) is 0.668. The first-order valence-electron chi connectivity index (χ1n) is 6.15. The van der Waals surface area contributed by atoms with Crippen LogP contribution in [-0.2, 0) is 0 Å². The third-order valence-corrected chi connectivity index (χ3v) is 4.62. The summed E-state index contributed by atoms with van der Waals surface area (Å²) in [5.41, 5.74) is 5.93. The van der Waals surface area contributed by atoms with Crippen LogP contribution >= 0.6 is 11.6 Å². The summed E-state index contributed by atoms with van der Waals surface area (Å²) in [6.07, 6.45) is 10.5. The molecule has 0 aromatic heterocycles. The van der Waals surface area contributed by atoms with Gasteiger partial charge in [0.2, 0.25) is 0 Å². The fourth-order valence-electron chi connectivity index (χ4n) is 3.17. The summed E-state index contributed by atoms with van der Waals surface area (Å²) in [4.78, 5) is 0. The van der Waals surface area contributed by atoms with Crippen LogP contribution in [-0.4, -0.2) is 11.4 Å². The predicted molar refractivity (Wildman–Crippen MR) is 61.5 cm³/mol. The molecule has 0 aromatic carbocycles. The summed E-state index contributed by atoms with van der Waals surface area (Å²) in [7, 11) is 0. The smallest absolute Gasteiger partial charge is 0.0336 e. The zero-order valence-electron chi connectivity index (χ0n) is 8.92. The van der Waals surface area contributed by atoms with Gasteiger partial charge in [0.15, 0.2) is 0 Å². The van der Waals surface area contributed by atoms with Crippen molar-refractivity contribution < 1.29 is 0 Å². The van der Waals surface area contributed by atoms with E-state index >= 15 is 0 Å². The number of halogens is 1. The SMILES string of the molecule is NC1CCC(C2CCC(Cl)CC2)CC1. The zero-order valence-corrected chi connectivity index (χ0v) is 9.68. The van der Waals surface area contributed by atoms with E-state index in [1.807, 2.05) is 0 Å². The lowest BCUT2D eigenvalue weighted by Gasteiger charge is -2.35. The van der Waals surface area contributed by atoms with Gasteiger partial charge in [-0.15, -0.1) is 11.6 Å². The van der Waals surface area contributed by atoms with Crippen molar-refractivity contribution in [3.63, 3.8) is 0 Å². The van der Waals surface area contributed by atoms with Gasteiger partial charge in [-0.3, -0.25) is 0 Å². The van der Waals surface area contributed by atoms with Gasteiger partial charge in [-0.1, -0.05) is 0 Å². The first kappa shape index (κ1) is 10.8. The van der Waals surface area contributed by atoms with Crippen molar-refractivity contribution in [2.24, 2.45) is 17.6 Å². The van der Waals surface area contributed by atoms with E-state index in [9.17, 15) is 0 Å². The number of hydrogen-bond acceptors (Lipinski definition) is 1. The minimum absolute atomic E-state index is 0.470. The van der Waals surface area contributed by atoms with Crippen LogP contribution in [0, 0.1) is 11.8 Å². The normalized spacial score (nSPS) is 45.0. The van der Waals surface area contributed by atoms with E-state index in [1.165, 1.54) is 51.4 Å². The largest absolute Gasteiger partial charge is 0.328 e. The van der Waals surface area contributed by atoms with Crippen LogP contribution in [0.1, 0.15) is 51.4 Å². The summed E-state index contributed by atoms with van der Waals surface area (Å²) in [6.45, 7) is 0. The molecule has 0 bridgehead atoms. The second-order valence-electron chi connectivity index (χ2n) is 5.19. The minimum atomic E-state index is 0.470. The summed E-state index contributed by atoms with van der Waals surface area (Å²) in [6, 6.07) is 0.496. The summed E-state index contributed by atoms with van der Waals surface area (Å²) in [5.74, 6) is 1.94. The molecular weight excluding hydrogens is 194 g/mol. The molecule has 0 aliphatic heterocycles. The van der Waals surface area contributed by atoms with Crippen LogP contribution < -0.4 is 5.73 Å². The monoisotopic (exact) mass is 215 g/mol. The molecule has 0 spiro atoms. The van der Waals surface area contributed by atoms with Crippen LogP contribution in [0.3, 0.4) is 0 Å². The third kappa shape index (κ3) is 2.64. The van der Waals surface area contributed by atoms with Gasteiger partial charge in [0.1, 0.15) is 0 Å². The number of nitrogens with two attached hydrogens (primary N) is 1. The number of hydrogen-bond donors (Lipinski definition) is 1. The molecule has 14 heavy (non-hydrogen) atoms. The van der Waals surface area contributed by atoms with E-state index in [-0.39, 0.29) is 0 Å². The van der Waals surface area contributed by atoms with Crippen molar-refractivity contribution in [1.82, 2.24) is 0 Å². The molecule has 2 heteroatoms. The number of alkyl halides is 1. The first-order valence-corrected chi connectivity index (χ1v) is 6.59. The van der Waals surface area contributed by atoms with Crippen molar-refractivity contribution in [2.75, 3.05) is 0 Å². The van der Waals surface area contributed by atoms with Crippen LogP contribution in [0.4, 0.5) is 0 Å². The van der Waals surface area contributed by atoms with Gasteiger partial charge in [-0.2, -0.15) is 0 Å². The lowest BCUT2D eigenvalue weighted by atomic mass is 9.72. The maximum atomic E-state index is 6.12. The van der Waals surface area contributed by atoms with E-state index < -0.39 is 0 Å². The second kappa shape index (κ2) is 4.85. The van der Waals surface area contributed by atoms with Crippen LogP contribution in [0.15, 0.2) is 0 Å². The van der Waals surface area contributed by atoms with Gasteiger partial charge >= 0.3 is 0 Å². The highest BCUT2D eigenvalue weighted by Crippen LogP contribution is 2.38. The lowest BCUT2D eigenvalue weighted by molar-refractivity contribution is 0.188. The fraction of sp³-hybridized carbons (Fsp3) is 1.00. The highest BCUT2D eigenvalue weighted by atomic mass is 35.5. The number of rotatable bonds is 1. The maximum absolute atomic E-state index is 6.12. The van der Waals surface area contributed by atoms with Crippen molar-refractivity contribution >= 4 is 11.6 Å². The molecule has 0 heterocycles. The lowest BCUT2D eigenvalue weighted by Crippen LogP contribution is -2.31. The zero-order chi connectivity index (χ0) is 9.97. The summed E-state index contributed by atoms with van der Waals surface area (Å²) < 4.78 is 0. The molecule has 0 amide bonds. The van der Waals surface area contributed by atoms with E-state index in [0.29, 0.717) is 11.4 Å². The van der Waals surface area contributed by atoms with E-state index in [4.69, 9.17) is 17.3 Å². The topological polar surface area (TPSA) is 26.0 Å². The van der Waals surface area contributed by atoms with E-state index in [2.05, 4.69) is 0 Å². The van der Waals surface area contributed by atoms with Gasteiger partial charge < -0.3 is 5.73 Å². The first-order chi connectivity index (χ1) is 6.75. The molecule has 2 saturated carbocycles. The predicted octanol–water partition coefficient (Wildman–Crippen LogP) is 3.30. The van der Waals surface area contributed by atoms with Crippen molar-refractivity contribution in [2.45, 2.75) is 62.8 Å². The Balaban J connectivity index is 1.78. The molecule has 2 fully saturated rings. The molecule has 0 unspecified atom stereocenters. The molecule has 0 radical (unpaired) electrons. The maximum Gasteiger partial charge on any atom is 0.0336 e. The van der Waals surface area contributed by atoms with Crippen LogP contribution in [0.25, 0.3) is 0 Å². The summed E-state index contributed by atoms with van der Waals surface area (Å²) in [5, 5.41) is 0.470. The van der Waals surface area contributed by atoms with Gasteiger partial charge in [-0.05, 0) is 63.2 Å². The molecular formula is C12H22ClN. The fourth-order valence-corrected chi connectivity index (χ4v) is 3.42. The molecule has 2 aliphatic carbocycles. The van der Waals surface area contributed by atoms with Crippen LogP contribution in [0.2, 0.25) is 0 Å². The van der Waals surface area contributed by atoms with Crippen molar-refractivity contribution in [3.05, 3.63) is 0 Å². The van der Waals surface area contributed by atoms with Gasteiger partial charge in [0.25, 0.3) is 0 Å². The molecule has 0 aromatic rings. The highest BCUT2D eigenvalue weighted by molar-refractivity contribution is 6.20. The van der Waals surface area contributed by atoms with Crippen LogP contribution in [0.5, 0.6) is 0 Å². The van der Waals surface area contributed by atoms with Crippen molar-refractivity contribution in [3.8, 4) is 0 Å². The average Bonchev–Trinajstić information content (AvgIpc) is 2.21. The molecule has 0 atom stereocenters. The Kier molecular flexibility index (Phi) is 3.73. The standard InChI is InChI=1S/C12H22ClN/c13-11-5-1-9(2-6-11)10-3-7-12(14)8-4-10/h9-12H,1-8,14H2. The Morgan fingerprint density at radius 3 is 1.64 bits per heavy atom. The molecule has 0 saturated heterocycles. The molecule has 2 rings (SSSR count). The van der Waals surface area contributed by atoms with E-state index in [0.717, 1.165) is 11.8 Å². The highest BCUT2D eigenvalue weighted by Gasteiger charge is 2.29. The molecule has 2 aliphatic rings. The van der Waals surface area contributed by atoms with Gasteiger partial charge in [0, 0.05) is 11.4 Å². The van der Waals surface area contributed by atoms with E-state index in [1.54, 1.807) is 0 Å². The van der Waals surface area contributed by atoms with Crippen molar-refractivity contribution in [1.29, 1.82) is 0 Å². The summed E-state index contributed by atoms with van der Waals surface area (Å²) >= 11 is 6.12. The Hall–Kier alpha value is 0.250. The van der Waals surface area contributed by atoms with Gasteiger partial charge in [0.05, 0.1) is 0 Å².